The molecule has 1 aromatic carbocycles. The zero-order valence-corrected chi connectivity index (χ0v) is 13.6. The molecule has 1 unspecified atom stereocenters. The first-order valence-corrected chi connectivity index (χ1v) is 8.13. The van der Waals surface area contributed by atoms with Crippen molar-refractivity contribution in [2.75, 3.05) is 19.8 Å². The number of halogens is 1. The number of hydrogen-bond acceptors (Lipinski definition) is 3. The first-order valence-electron chi connectivity index (χ1n) is 7.75. The van der Waals surface area contributed by atoms with E-state index in [9.17, 15) is 0 Å². The molecular weight excluding hydrogens is 286 g/mol. The molecule has 2 rings (SSSR count). The number of nitrogens with one attached hydrogen (secondary N) is 1. The Bertz CT molecular complexity index is 553. The van der Waals surface area contributed by atoms with Crippen molar-refractivity contribution in [2.45, 2.75) is 39.2 Å². The molecule has 0 amide bonds. The molecule has 4 heteroatoms. The van der Waals surface area contributed by atoms with Crippen LogP contribution in [0.15, 0.2) is 28.7 Å². The van der Waals surface area contributed by atoms with Crippen LogP contribution in [0.4, 0.5) is 0 Å². The van der Waals surface area contributed by atoms with E-state index in [2.05, 4.69) is 18.3 Å². The summed E-state index contributed by atoms with van der Waals surface area (Å²) in [5.41, 5.74) is 0.780. The highest BCUT2D eigenvalue weighted by Crippen LogP contribution is 2.30. The monoisotopic (exact) mass is 309 g/mol. The molecule has 0 spiro atoms. The smallest absolute Gasteiger partial charge is 0.152 e. The Morgan fingerprint density at radius 2 is 2.19 bits per heavy atom. The summed E-state index contributed by atoms with van der Waals surface area (Å²) in [4.78, 5) is 0. The normalized spacial score (nSPS) is 12.9. The van der Waals surface area contributed by atoms with Crippen molar-refractivity contribution in [3.63, 3.8) is 0 Å². The van der Waals surface area contributed by atoms with Gasteiger partial charge in [-0.05, 0) is 44.9 Å². The van der Waals surface area contributed by atoms with Crippen LogP contribution in [-0.2, 0) is 4.74 Å². The molecule has 0 saturated carbocycles. The van der Waals surface area contributed by atoms with Crippen LogP contribution in [0.1, 0.15) is 44.9 Å². The van der Waals surface area contributed by atoms with E-state index in [4.69, 9.17) is 20.8 Å². The molecule has 0 aliphatic heterocycles. The van der Waals surface area contributed by atoms with Gasteiger partial charge in [0.15, 0.2) is 5.58 Å². The van der Waals surface area contributed by atoms with Crippen molar-refractivity contribution in [3.05, 3.63) is 35.0 Å². The van der Waals surface area contributed by atoms with Gasteiger partial charge >= 0.3 is 0 Å². The molecule has 0 radical (unpaired) electrons. The maximum atomic E-state index is 6.19. The van der Waals surface area contributed by atoms with Gasteiger partial charge in [-0.15, -0.1) is 0 Å². The number of fused-ring (bicyclic) bond motifs is 1. The molecule has 0 saturated heterocycles. The summed E-state index contributed by atoms with van der Waals surface area (Å²) < 4.78 is 11.4. The number of hydrogen-bond donors (Lipinski definition) is 1. The van der Waals surface area contributed by atoms with Crippen molar-refractivity contribution in [1.82, 2.24) is 5.32 Å². The third kappa shape index (κ3) is 4.47. The molecule has 1 atom stereocenters. The highest BCUT2D eigenvalue weighted by molar-refractivity contribution is 6.34. The van der Waals surface area contributed by atoms with Crippen LogP contribution < -0.4 is 5.32 Å². The topological polar surface area (TPSA) is 34.4 Å². The van der Waals surface area contributed by atoms with Gasteiger partial charge in [0.1, 0.15) is 5.76 Å². The van der Waals surface area contributed by atoms with Crippen LogP contribution in [0.3, 0.4) is 0 Å². The van der Waals surface area contributed by atoms with Crippen LogP contribution >= 0.6 is 11.6 Å². The minimum Gasteiger partial charge on any atom is -0.458 e. The van der Waals surface area contributed by atoms with Crippen LogP contribution in [0, 0.1) is 0 Å². The molecule has 2 aromatic rings. The van der Waals surface area contributed by atoms with E-state index in [0.29, 0.717) is 5.02 Å². The zero-order valence-electron chi connectivity index (χ0n) is 12.8. The second kappa shape index (κ2) is 8.42. The standard InChI is InChI=1S/C17H24ClNO2/c1-3-10-19-15(9-6-11-20-4-2)16-12-13-7-5-8-14(18)17(13)21-16/h5,7-8,12,15,19H,3-4,6,9-11H2,1-2H3. The minimum absolute atomic E-state index is 0.217. The number of furan rings is 1. The highest BCUT2D eigenvalue weighted by Gasteiger charge is 2.16. The molecule has 0 aliphatic carbocycles. The van der Waals surface area contributed by atoms with Crippen LogP contribution in [0.25, 0.3) is 11.0 Å². The molecule has 0 fully saturated rings. The quantitative estimate of drug-likeness (QED) is 0.666. The number of rotatable bonds is 9. The van der Waals surface area contributed by atoms with Crippen molar-refractivity contribution in [1.29, 1.82) is 0 Å². The molecule has 116 valence electrons. The van der Waals surface area contributed by atoms with Gasteiger partial charge in [0, 0.05) is 18.6 Å². The third-order valence-electron chi connectivity index (χ3n) is 3.48. The second-order valence-electron chi connectivity index (χ2n) is 5.15. The Kier molecular flexibility index (Phi) is 6.55. The van der Waals surface area contributed by atoms with Gasteiger partial charge in [-0.1, -0.05) is 30.7 Å². The molecule has 0 aliphatic rings. The van der Waals surface area contributed by atoms with Gasteiger partial charge < -0.3 is 14.5 Å². The second-order valence-corrected chi connectivity index (χ2v) is 5.56. The van der Waals surface area contributed by atoms with Crippen molar-refractivity contribution in [2.24, 2.45) is 0 Å². The molecular formula is C17H24ClNO2. The van der Waals surface area contributed by atoms with Crippen LogP contribution in [0.2, 0.25) is 5.02 Å². The van der Waals surface area contributed by atoms with Gasteiger partial charge in [0.05, 0.1) is 11.1 Å². The van der Waals surface area contributed by atoms with Crippen molar-refractivity contribution in [3.8, 4) is 0 Å². The van der Waals surface area contributed by atoms with E-state index in [-0.39, 0.29) is 6.04 Å². The van der Waals surface area contributed by atoms with Gasteiger partial charge in [-0.25, -0.2) is 0 Å². The summed E-state index contributed by atoms with van der Waals surface area (Å²) in [7, 11) is 0. The lowest BCUT2D eigenvalue weighted by atomic mass is 10.1. The minimum atomic E-state index is 0.217. The van der Waals surface area contributed by atoms with E-state index in [1.165, 1.54) is 0 Å². The third-order valence-corrected chi connectivity index (χ3v) is 3.78. The first kappa shape index (κ1) is 16.3. The summed E-state index contributed by atoms with van der Waals surface area (Å²) in [6.07, 6.45) is 3.11. The average molecular weight is 310 g/mol. The summed E-state index contributed by atoms with van der Waals surface area (Å²) in [6, 6.07) is 8.16. The fraction of sp³-hybridized carbons (Fsp3) is 0.529. The molecule has 1 heterocycles. The van der Waals surface area contributed by atoms with Crippen LogP contribution in [-0.4, -0.2) is 19.8 Å². The molecule has 1 aromatic heterocycles. The maximum absolute atomic E-state index is 6.19. The van der Waals surface area contributed by atoms with E-state index in [1.54, 1.807) is 0 Å². The lowest BCUT2D eigenvalue weighted by Gasteiger charge is -2.16. The Morgan fingerprint density at radius 3 is 2.90 bits per heavy atom. The fourth-order valence-corrected chi connectivity index (χ4v) is 2.64. The largest absolute Gasteiger partial charge is 0.458 e. The van der Waals surface area contributed by atoms with E-state index < -0.39 is 0 Å². The number of benzene rings is 1. The van der Waals surface area contributed by atoms with Crippen molar-refractivity contribution >= 4 is 22.6 Å². The van der Waals surface area contributed by atoms with Crippen LogP contribution in [0.5, 0.6) is 0 Å². The lowest BCUT2D eigenvalue weighted by molar-refractivity contribution is 0.140. The number of para-hydroxylation sites is 1. The summed E-state index contributed by atoms with van der Waals surface area (Å²) in [6.45, 7) is 6.73. The molecule has 1 N–H and O–H groups in total. The van der Waals surface area contributed by atoms with Crippen molar-refractivity contribution < 1.29 is 9.15 Å². The lowest BCUT2D eigenvalue weighted by Crippen LogP contribution is -2.22. The molecule has 0 bridgehead atoms. The molecule has 3 nitrogen and oxygen atoms in total. The Balaban J connectivity index is 2.11. The zero-order chi connectivity index (χ0) is 15.1. The average Bonchev–Trinajstić information content (AvgIpc) is 2.92. The molecule has 21 heavy (non-hydrogen) atoms. The predicted molar refractivity (Wildman–Crippen MR) is 88.0 cm³/mol. The SMILES string of the molecule is CCCNC(CCCOCC)c1cc2cccc(Cl)c2o1. The van der Waals surface area contributed by atoms with Gasteiger partial charge in [-0.2, -0.15) is 0 Å². The maximum Gasteiger partial charge on any atom is 0.152 e. The van der Waals surface area contributed by atoms with Gasteiger partial charge in [0.2, 0.25) is 0 Å². The number of ether oxygens (including phenoxy) is 1. The Hall–Kier alpha value is -1.03. The van der Waals surface area contributed by atoms with Gasteiger partial charge in [-0.3, -0.25) is 0 Å². The first-order chi connectivity index (χ1) is 10.3. The Morgan fingerprint density at radius 1 is 1.33 bits per heavy atom. The summed E-state index contributed by atoms with van der Waals surface area (Å²) >= 11 is 6.19. The van der Waals surface area contributed by atoms with E-state index >= 15 is 0 Å². The van der Waals surface area contributed by atoms with Gasteiger partial charge in [0.25, 0.3) is 0 Å². The Labute approximate surface area is 131 Å². The fourth-order valence-electron chi connectivity index (χ4n) is 2.42. The van der Waals surface area contributed by atoms with E-state index in [1.807, 2.05) is 25.1 Å². The predicted octanol–water partition coefficient (Wildman–Crippen LogP) is 4.94. The highest BCUT2D eigenvalue weighted by atomic mass is 35.5. The summed E-state index contributed by atoms with van der Waals surface area (Å²) in [5.74, 6) is 0.961. The summed E-state index contributed by atoms with van der Waals surface area (Å²) in [5, 5.41) is 5.28. The van der Waals surface area contributed by atoms with E-state index in [0.717, 1.165) is 55.8 Å².